The number of hydrogen-bond acceptors (Lipinski definition) is 4. The summed E-state index contributed by atoms with van der Waals surface area (Å²) in [5.74, 6) is -1.11. The zero-order chi connectivity index (χ0) is 19.2. The molecule has 1 atom stereocenters. The van der Waals surface area contributed by atoms with Gasteiger partial charge >= 0.3 is 5.97 Å². The number of hydrogen-bond donors (Lipinski definition) is 1. The van der Waals surface area contributed by atoms with Gasteiger partial charge in [-0.05, 0) is 36.1 Å². The maximum atomic E-state index is 11.6. The van der Waals surface area contributed by atoms with Gasteiger partial charge in [-0.2, -0.15) is 0 Å². The van der Waals surface area contributed by atoms with E-state index in [1.54, 1.807) is 12.3 Å². The topological polar surface area (TPSA) is 89.3 Å². The zero-order valence-electron chi connectivity index (χ0n) is 14.9. The Morgan fingerprint density at radius 2 is 2.04 bits per heavy atom. The molecule has 7 heteroatoms. The predicted molar refractivity (Wildman–Crippen MR) is 102 cm³/mol. The Morgan fingerprint density at radius 1 is 1.26 bits per heavy atom. The molecule has 3 aromatic rings. The number of pyridine rings is 1. The molecule has 0 saturated carbocycles. The Morgan fingerprint density at radius 3 is 2.70 bits per heavy atom. The van der Waals surface area contributed by atoms with Gasteiger partial charge in [0.15, 0.2) is 14.9 Å². The van der Waals surface area contributed by atoms with Gasteiger partial charge in [0.05, 0.1) is 5.92 Å². The summed E-state index contributed by atoms with van der Waals surface area (Å²) in [6.07, 6.45) is 4.74. The molecule has 0 amide bonds. The van der Waals surface area contributed by atoms with Crippen molar-refractivity contribution < 1.29 is 18.3 Å². The first kappa shape index (κ1) is 17.7. The summed E-state index contributed by atoms with van der Waals surface area (Å²) in [5.41, 5.74) is 4.32. The van der Waals surface area contributed by atoms with Crippen molar-refractivity contribution in [2.24, 2.45) is 5.92 Å². The molecule has 0 aliphatic carbocycles. The molecule has 0 spiro atoms. The standard InChI is InChI=1S/C20H20N2O4S/c1-27(25,26)19-9-6-13(11-21-19)10-16-15-4-2-3-5-17(15)22-12-14(20(23)24)7-8-18(16)22/h2-6,9,11,14H,7-8,10,12H2,1H3,(H,23,24). The van der Waals surface area contributed by atoms with Crippen LogP contribution in [0.1, 0.15) is 23.2 Å². The minimum absolute atomic E-state index is 0.0688. The highest BCUT2D eigenvalue weighted by Gasteiger charge is 2.28. The van der Waals surface area contributed by atoms with Gasteiger partial charge < -0.3 is 9.67 Å². The largest absolute Gasteiger partial charge is 0.481 e. The van der Waals surface area contributed by atoms with Crippen LogP contribution < -0.4 is 0 Å². The Labute approximate surface area is 157 Å². The fourth-order valence-electron chi connectivity index (χ4n) is 3.88. The van der Waals surface area contributed by atoms with E-state index in [9.17, 15) is 18.3 Å². The maximum Gasteiger partial charge on any atom is 0.308 e. The summed E-state index contributed by atoms with van der Waals surface area (Å²) in [4.78, 5) is 15.5. The molecule has 6 nitrogen and oxygen atoms in total. The van der Waals surface area contributed by atoms with Crippen LogP contribution in [-0.2, 0) is 34.0 Å². The molecule has 1 aromatic carbocycles. The van der Waals surface area contributed by atoms with E-state index in [1.165, 1.54) is 17.3 Å². The Bertz CT molecular complexity index is 1130. The second-order valence-electron chi connectivity index (χ2n) is 7.08. The molecule has 1 N–H and O–H groups in total. The molecule has 1 unspecified atom stereocenters. The van der Waals surface area contributed by atoms with Crippen LogP contribution in [0.4, 0.5) is 0 Å². The fraction of sp³-hybridized carbons (Fsp3) is 0.300. The van der Waals surface area contributed by atoms with Gasteiger partial charge in [-0.1, -0.05) is 24.3 Å². The van der Waals surface area contributed by atoms with E-state index in [-0.39, 0.29) is 10.9 Å². The van der Waals surface area contributed by atoms with E-state index in [0.29, 0.717) is 19.4 Å². The van der Waals surface area contributed by atoms with Gasteiger partial charge in [0.2, 0.25) is 0 Å². The van der Waals surface area contributed by atoms with Crippen LogP contribution in [0.25, 0.3) is 10.9 Å². The lowest BCUT2D eigenvalue weighted by Crippen LogP contribution is -2.26. The monoisotopic (exact) mass is 384 g/mol. The van der Waals surface area contributed by atoms with Crippen molar-refractivity contribution in [3.63, 3.8) is 0 Å². The van der Waals surface area contributed by atoms with Crippen molar-refractivity contribution in [3.8, 4) is 0 Å². The molecular weight excluding hydrogens is 364 g/mol. The van der Waals surface area contributed by atoms with Crippen molar-refractivity contribution in [1.29, 1.82) is 0 Å². The number of benzene rings is 1. The van der Waals surface area contributed by atoms with Gasteiger partial charge in [-0.25, -0.2) is 13.4 Å². The number of aromatic nitrogens is 2. The van der Waals surface area contributed by atoms with Crippen molar-refractivity contribution >= 4 is 26.7 Å². The second kappa shape index (κ2) is 6.49. The number of sulfone groups is 1. The molecule has 1 aliphatic heterocycles. The number of fused-ring (bicyclic) bond motifs is 3. The number of rotatable bonds is 4. The van der Waals surface area contributed by atoms with E-state index in [2.05, 4.69) is 15.6 Å². The third-order valence-electron chi connectivity index (χ3n) is 5.23. The third-order valence-corrected chi connectivity index (χ3v) is 6.24. The second-order valence-corrected chi connectivity index (χ2v) is 9.04. The minimum Gasteiger partial charge on any atom is -0.481 e. The number of carboxylic acid groups (broad SMARTS) is 1. The number of para-hydroxylation sites is 1. The van der Waals surface area contributed by atoms with Crippen molar-refractivity contribution in [2.45, 2.75) is 30.8 Å². The first-order valence-electron chi connectivity index (χ1n) is 8.81. The molecule has 0 bridgehead atoms. The van der Waals surface area contributed by atoms with E-state index in [4.69, 9.17) is 0 Å². The summed E-state index contributed by atoms with van der Waals surface area (Å²) < 4.78 is 25.3. The summed E-state index contributed by atoms with van der Waals surface area (Å²) in [5, 5.41) is 10.6. The van der Waals surface area contributed by atoms with Crippen LogP contribution in [-0.4, -0.2) is 35.3 Å². The first-order chi connectivity index (χ1) is 12.8. The van der Waals surface area contributed by atoms with Crippen LogP contribution in [0.2, 0.25) is 0 Å². The summed E-state index contributed by atoms with van der Waals surface area (Å²) in [6, 6.07) is 11.4. The Kier molecular flexibility index (Phi) is 4.26. The average molecular weight is 384 g/mol. The number of aliphatic carboxylic acids is 1. The van der Waals surface area contributed by atoms with Crippen LogP contribution in [0.15, 0.2) is 47.6 Å². The van der Waals surface area contributed by atoms with Crippen LogP contribution in [0.3, 0.4) is 0 Å². The lowest BCUT2D eigenvalue weighted by Gasteiger charge is -2.23. The number of carboxylic acids is 1. The van der Waals surface area contributed by atoms with E-state index in [1.807, 2.05) is 18.2 Å². The predicted octanol–water partition coefficient (Wildman–Crippen LogP) is 2.68. The molecule has 4 rings (SSSR count). The van der Waals surface area contributed by atoms with Gasteiger partial charge in [-0.3, -0.25) is 4.79 Å². The normalized spacial score (nSPS) is 17.0. The SMILES string of the molecule is CS(=O)(=O)c1ccc(Cc2c3n(c4ccccc24)CC(C(=O)O)CC3)cn1. The van der Waals surface area contributed by atoms with E-state index >= 15 is 0 Å². The molecule has 0 fully saturated rings. The maximum absolute atomic E-state index is 11.6. The highest BCUT2D eigenvalue weighted by atomic mass is 32.2. The quantitative estimate of drug-likeness (QED) is 0.747. The molecule has 140 valence electrons. The summed E-state index contributed by atoms with van der Waals surface area (Å²) in [7, 11) is -3.32. The lowest BCUT2D eigenvalue weighted by atomic mass is 9.94. The van der Waals surface area contributed by atoms with Crippen molar-refractivity contribution in [1.82, 2.24) is 9.55 Å². The van der Waals surface area contributed by atoms with Crippen molar-refractivity contribution in [2.75, 3.05) is 6.26 Å². The summed E-state index contributed by atoms with van der Waals surface area (Å²) in [6.45, 7) is 0.483. The zero-order valence-corrected chi connectivity index (χ0v) is 15.7. The van der Waals surface area contributed by atoms with E-state index in [0.717, 1.165) is 29.1 Å². The lowest BCUT2D eigenvalue weighted by molar-refractivity contribution is -0.142. The average Bonchev–Trinajstić information content (AvgIpc) is 2.95. The molecule has 1 aliphatic rings. The summed E-state index contributed by atoms with van der Waals surface area (Å²) >= 11 is 0. The molecule has 0 saturated heterocycles. The minimum atomic E-state index is -3.32. The number of carbonyl (C=O) groups is 1. The molecule has 27 heavy (non-hydrogen) atoms. The Balaban J connectivity index is 1.76. The van der Waals surface area contributed by atoms with Crippen molar-refractivity contribution in [3.05, 3.63) is 59.4 Å². The van der Waals surface area contributed by atoms with Gasteiger partial charge in [-0.15, -0.1) is 0 Å². The highest BCUT2D eigenvalue weighted by molar-refractivity contribution is 7.90. The number of nitrogens with zero attached hydrogens (tertiary/aromatic N) is 2. The highest BCUT2D eigenvalue weighted by Crippen LogP contribution is 2.34. The van der Waals surface area contributed by atoms with Crippen LogP contribution in [0, 0.1) is 5.92 Å². The molecule has 0 radical (unpaired) electrons. The van der Waals surface area contributed by atoms with E-state index < -0.39 is 15.8 Å². The third kappa shape index (κ3) is 3.23. The molecule has 2 aromatic heterocycles. The molecule has 3 heterocycles. The van der Waals surface area contributed by atoms with Crippen LogP contribution >= 0.6 is 0 Å². The van der Waals surface area contributed by atoms with Gasteiger partial charge in [0, 0.05) is 42.0 Å². The Hall–Kier alpha value is -2.67. The molecular formula is C20H20N2O4S. The first-order valence-corrected chi connectivity index (χ1v) is 10.7. The van der Waals surface area contributed by atoms with Gasteiger partial charge in [0.1, 0.15) is 0 Å². The van der Waals surface area contributed by atoms with Crippen LogP contribution in [0.5, 0.6) is 0 Å². The smallest absolute Gasteiger partial charge is 0.308 e. The van der Waals surface area contributed by atoms with Gasteiger partial charge in [0.25, 0.3) is 0 Å². The fourth-order valence-corrected chi connectivity index (χ4v) is 4.44.